The minimum absolute atomic E-state index is 0.0544. The summed E-state index contributed by atoms with van der Waals surface area (Å²) in [5, 5.41) is 1.22. The van der Waals surface area contributed by atoms with Crippen molar-refractivity contribution >= 4 is 23.6 Å². The molecule has 2 heterocycles. The maximum absolute atomic E-state index is 12.2. The minimum Gasteiger partial charge on any atom is -0.465 e. The number of nitrogens with zero attached hydrogens (tertiary/aromatic N) is 1. The van der Waals surface area contributed by atoms with Crippen LogP contribution >= 0.6 is 0 Å². The maximum Gasteiger partial charge on any atom is 0.282 e. The Bertz CT molecular complexity index is 645. The van der Waals surface area contributed by atoms with Crippen LogP contribution in [0.15, 0.2) is 58.7 Å². The van der Waals surface area contributed by atoms with Gasteiger partial charge in [-0.05, 0) is 30.3 Å². The van der Waals surface area contributed by atoms with Crippen molar-refractivity contribution in [3.63, 3.8) is 0 Å². The molecule has 0 atom stereocenters. The molecule has 5 nitrogen and oxygen atoms in total. The Morgan fingerprint density at radius 3 is 2.53 bits per heavy atom. The van der Waals surface area contributed by atoms with E-state index >= 15 is 0 Å². The second kappa shape index (κ2) is 4.45. The van der Waals surface area contributed by atoms with Crippen LogP contribution in [0.3, 0.4) is 0 Å². The molecule has 0 spiro atoms. The Balaban J connectivity index is 1.94. The monoisotopic (exact) mass is 254 g/mol. The molecule has 1 N–H and O–H groups in total. The third kappa shape index (κ3) is 2.01. The summed E-state index contributed by atoms with van der Waals surface area (Å²) >= 11 is 0. The lowest BCUT2D eigenvalue weighted by Gasteiger charge is -2.13. The SMILES string of the molecule is O=C1NN(c2ccccc2)C(=O)C1=Cc1ccco1. The van der Waals surface area contributed by atoms with Crippen LogP contribution in [-0.2, 0) is 9.59 Å². The Morgan fingerprint density at radius 2 is 1.84 bits per heavy atom. The molecule has 0 radical (unpaired) electrons. The molecule has 2 aromatic rings. The van der Waals surface area contributed by atoms with Crippen molar-refractivity contribution in [3.05, 3.63) is 60.1 Å². The number of hydrogen-bond donors (Lipinski definition) is 1. The second-order valence-electron chi connectivity index (χ2n) is 3.99. The van der Waals surface area contributed by atoms with Crippen molar-refractivity contribution < 1.29 is 14.0 Å². The van der Waals surface area contributed by atoms with Crippen molar-refractivity contribution in [2.75, 3.05) is 5.01 Å². The predicted molar refractivity (Wildman–Crippen MR) is 68.8 cm³/mol. The second-order valence-corrected chi connectivity index (χ2v) is 3.99. The molecule has 1 fully saturated rings. The van der Waals surface area contributed by atoms with Crippen molar-refractivity contribution in [1.82, 2.24) is 5.43 Å². The van der Waals surface area contributed by atoms with Crippen molar-refractivity contribution in [2.24, 2.45) is 0 Å². The van der Waals surface area contributed by atoms with Crippen LogP contribution in [0.4, 0.5) is 5.69 Å². The Kier molecular flexibility index (Phi) is 2.64. The molecular weight excluding hydrogens is 244 g/mol. The van der Waals surface area contributed by atoms with E-state index in [0.717, 1.165) is 0 Å². The predicted octanol–water partition coefficient (Wildman–Crippen LogP) is 1.74. The summed E-state index contributed by atoms with van der Waals surface area (Å²) in [6, 6.07) is 12.3. The van der Waals surface area contributed by atoms with Gasteiger partial charge in [-0.15, -0.1) is 0 Å². The van der Waals surface area contributed by atoms with Gasteiger partial charge >= 0.3 is 0 Å². The highest BCUT2D eigenvalue weighted by Gasteiger charge is 2.34. The molecule has 94 valence electrons. The molecule has 5 heteroatoms. The summed E-state index contributed by atoms with van der Waals surface area (Å²) in [5.74, 6) is -0.369. The first-order valence-electron chi connectivity index (χ1n) is 5.71. The van der Waals surface area contributed by atoms with Crippen LogP contribution in [0, 0.1) is 0 Å². The normalized spacial score (nSPS) is 17.1. The van der Waals surface area contributed by atoms with Crippen LogP contribution in [-0.4, -0.2) is 11.8 Å². The summed E-state index contributed by atoms with van der Waals surface area (Å²) in [6.45, 7) is 0. The molecule has 1 saturated heterocycles. The number of hydrogen-bond acceptors (Lipinski definition) is 3. The lowest BCUT2D eigenvalue weighted by atomic mass is 10.2. The Morgan fingerprint density at radius 1 is 1.05 bits per heavy atom. The van der Waals surface area contributed by atoms with E-state index in [9.17, 15) is 9.59 Å². The Labute approximate surface area is 109 Å². The van der Waals surface area contributed by atoms with Crippen molar-refractivity contribution in [3.8, 4) is 0 Å². The van der Waals surface area contributed by atoms with Gasteiger partial charge in [-0.2, -0.15) is 0 Å². The zero-order valence-corrected chi connectivity index (χ0v) is 9.87. The molecule has 1 aromatic carbocycles. The average Bonchev–Trinajstić information content (AvgIpc) is 3.03. The van der Waals surface area contributed by atoms with Crippen molar-refractivity contribution in [1.29, 1.82) is 0 Å². The molecular formula is C14H10N2O3. The molecule has 19 heavy (non-hydrogen) atoms. The van der Waals surface area contributed by atoms with Crippen LogP contribution in [0.2, 0.25) is 0 Å². The molecule has 0 aliphatic carbocycles. The van der Waals surface area contributed by atoms with Gasteiger partial charge < -0.3 is 4.42 Å². The van der Waals surface area contributed by atoms with Crippen LogP contribution < -0.4 is 10.4 Å². The zero-order chi connectivity index (χ0) is 13.2. The lowest BCUT2D eigenvalue weighted by molar-refractivity contribution is -0.117. The van der Waals surface area contributed by atoms with Crippen LogP contribution in [0.25, 0.3) is 6.08 Å². The summed E-state index contributed by atoms with van der Waals surface area (Å²) in [4.78, 5) is 24.0. The fourth-order valence-electron chi connectivity index (χ4n) is 1.83. The summed E-state index contributed by atoms with van der Waals surface area (Å²) < 4.78 is 5.11. The molecule has 3 rings (SSSR count). The van der Waals surface area contributed by atoms with Gasteiger partial charge in [0.25, 0.3) is 11.8 Å². The van der Waals surface area contributed by atoms with Gasteiger partial charge in [-0.25, -0.2) is 5.01 Å². The molecule has 1 aliphatic heterocycles. The first kappa shape index (κ1) is 11.3. The molecule has 0 saturated carbocycles. The fourth-order valence-corrected chi connectivity index (χ4v) is 1.83. The number of carbonyl (C=O) groups is 2. The number of carbonyl (C=O) groups excluding carboxylic acids is 2. The summed E-state index contributed by atoms with van der Waals surface area (Å²) in [5.41, 5.74) is 3.19. The largest absolute Gasteiger partial charge is 0.465 e. The zero-order valence-electron chi connectivity index (χ0n) is 9.87. The first-order valence-corrected chi connectivity index (χ1v) is 5.71. The van der Waals surface area contributed by atoms with Crippen LogP contribution in [0.5, 0.6) is 0 Å². The summed E-state index contributed by atoms with van der Waals surface area (Å²) in [6.07, 6.45) is 2.92. The molecule has 2 amide bonds. The molecule has 0 unspecified atom stereocenters. The Hall–Kier alpha value is -2.82. The highest BCUT2D eigenvalue weighted by atomic mass is 16.3. The van der Waals surface area contributed by atoms with Crippen LogP contribution in [0.1, 0.15) is 5.76 Å². The van der Waals surface area contributed by atoms with Gasteiger partial charge in [0.15, 0.2) is 0 Å². The number of benzene rings is 1. The van der Waals surface area contributed by atoms with E-state index in [4.69, 9.17) is 4.42 Å². The van der Waals surface area contributed by atoms with Gasteiger partial charge in [0.2, 0.25) is 0 Å². The van der Waals surface area contributed by atoms with E-state index in [-0.39, 0.29) is 5.57 Å². The smallest absolute Gasteiger partial charge is 0.282 e. The molecule has 1 aromatic heterocycles. The maximum atomic E-state index is 12.2. The number of nitrogens with one attached hydrogen (secondary N) is 1. The topological polar surface area (TPSA) is 62.6 Å². The van der Waals surface area contributed by atoms with E-state index in [0.29, 0.717) is 11.4 Å². The quantitative estimate of drug-likeness (QED) is 0.656. The highest BCUT2D eigenvalue weighted by Crippen LogP contribution is 2.20. The van der Waals surface area contributed by atoms with Gasteiger partial charge in [0.05, 0.1) is 12.0 Å². The lowest BCUT2D eigenvalue weighted by Crippen LogP contribution is -2.35. The number of furan rings is 1. The first-order chi connectivity index (χ1) is 9.25. The van der Waals surface area contributed by atoms with E-state index in [1.807, 2.05) is 6.07 Å². The minimum atomic E-state index is -0.440. The average molecular weight is 254 g/mol. The number of amides is 2. The van der Waals surface area contributed by atoms with E-state index in [1.165, 1.54) is 17.3 Å². The van der Waals surface area contributed by atoms with Crippen molar-refractivity contribution in [2.45, 2.75) is 0 Å². The molecule has 0 bridgehead atoms. The fraction of sp³-hybridized carbons (Fsp3) is 0. The van der Waals surface area contributed by atoms with E-state index in [1.54, 1.807) is 36.4 Å². The standard InChI is InChI=1S/C14H10N2O3/c17-13-12(9-11-7-4-8-19-11)14(18)16(15-13)10-5-2-1-3-6-10/h1-9H,(H,15,17). The third-order valence-corrected chi connectivity index (χ3v) is 2.74. The third-order valence-electron chi connectivity index (χ3n) is 2.74. The highest BCUT2D eigenvalue weighted by molar-refractivity contribution is 6.31. The number of para-hydroxylation sites is 1. The van der Waals surface area contributed by atoms with E-state index < -0.39 is 11.8 Å². The van der Waals surface area contributed by atoms with E-state index in [2.05, 4.69) is 5.43 Å². The van der Waals surface area contributed by atoms with Gasteiger partial charge in [-0.1, -0.05) is 18.2 Å². The summed E-state index contributed by atoms with van der Waals surface area (Å²) in [7, 11) is 0. The molecule has 1 aliphatic rings. The van der Waals surface area contributed by atoms with Gasteiger partial charge in [-0.3, -0.25) is 15.0 Å². The van der Waals surface area contributed by atoms with Gasteiger partial charge in [0, 0.05) is 0 Å². The number of rotatable bonds is 2. The number of anilines is 1. The number of hydrazine groups is 1. The van der Waals surface area contributed by atoms with Gasteiger partial charge in [0.1, 0.15) is 11.3 Å².